The summed E-state index contributed by atoms with van der Waals surface area (Å²) in [7, 11) is 0. The van der Waals surface area contributed by atoms with Gasteiger partial charge in [-0.3, -0.25) is 14.4 Å². The van der Waals surface area contributed by atoms with Crippen molar-refractivity contribution in [2.45, 2.75) is 51.6 Å². The van der Waals surface area contributed by atoms with Crippen molar-refractivity contribution in [1.29, 1.82) is 0 Å². The van der Waals surface area contributed by atoms with Crippen LogP contribution in [0.25, 0.3) is 0 Å². The number of benzene rings is 2. The number of anilines is 1. The normalized spacial score (nSPS) is 22.6. The van der Waals surface area contributed by atoms with Gasteiger partial charge in [0, 0.05) is 29.8 Å². The fourth-order valence-corrected chi connectivity index (χ4v) is 4.98. The number of nitrogens with one attached hydrogen (secondary N) is 1. The zero-order valence-electron chi connectivity index (χ0n) is 17.8. The van der Waals surface area contributed by atoms with E-state index < -0.39 is 5.91 Å². The van der Waals surface area contributed by atoms with E-state index in [9.17, 15) is 14.4 Å². The SMILES string of the molecule is CC1Cc2ccccc2N1C(=O)C1CCCCC1C(=O)NCc1cccc(C(N)=O)c1. The molecule has 3 atom stereocenters. The zero-order chi connectivity index (χ0) is 22.0. The van der Waals surface area contributed by atoms with Crippen LogP contribution < -0.4 is 16.0 Å². The third-order valence-electron chi connectivity index (χ3n) is 6.54. The predicted octanol–water partition coefficient (Wildman–Crippen LogP) is 3.19. The van der Waals surface area contributed by atoms with Crippen LogP contribution >= 0.6 is 0 Å². The van der Waals surface area contributed by atoms with Gasteiger partial charge in [-0.25, -0.2) is 0 Å². The van der Waals surface area contributed by atoms with Crippen molar-refractivity contribution < 1.29 is 14.4 Å². The third kappa shape index (κ3) is 4.33. The molecular formula is C25H29N3O3. The number of carbonyl (C=O) groups excluding carboxylic acids is 3. The summed E-state index contributed by atoms with van der Waals surface area (Å²) in [5.74, 6) is -1.17. The van der Waals surface area contributed by atoms with Gasteiger partial charge in [0.15, 0.2) is 0 Å². The Morgan fingerprint density at radius 2 is 1.77 bits per heavy atom. The molecule has 1 aliphatic heterocycles. The first-order valence-corrected chi connectivity index (χ1v) is 11.0. The summed E-state index contributed by atoms with van der Waals surface area (Å²) in [5, 5.41) is 2.98. The standard InChI is InChI=1S/C25H29N3O3/c1-16-13-18-8-2-5-12-22(18)28(16)25(31)21-11-4-3-10-20(21)24(30)27-15-17-7-6-9-19(14-17)23(26)29/h2,5-9,12,14,16,20-21H,3-4,10-11,13,15H2,1H3,(H2,26,29)(H,27,30). The molecule has 1 saturated carbocycles. The molecule has 0 bridgehead atoms. The lowest BCUT2D eigenvalue weighted by molar-refractivity contribution is -0.135. The van der Waals surface area contributed by atoms with E-state index in [1.807, 2.05) is 29.2 Å². The van der Waals surface area contributed by atoms with Crippen LogP contribution in [0.1, 0.15) is 54.1 Å². The molecule has 0 radical (unpaired) electrons. The molecule has 4 rings (SSSR count). The van der Waals surface area contributed by atoms with Crippen LogP contribution in [0.15, 0.2) is 48.5 Å². The van der Waals surface area contributed by atoms with Crippen molar-refractivity contribution in [3.63, 3.8) is 0 Å². The van der Waals surface area contributed by atoms with Gasteiger partial charge in [0.2, 0.25) is 17.7 Å². The fraction of sp³-hybridized carbons (Fsp3) is 0.400. The number of fused-ring (bicyclic) bond motifs is 1. The average molecular weight is 420 g/mol. The molecule has 162 valence electrons. The Morgan fingerprint density at radius 1 is 1.03 bits per heavy atom. The maximum atomic E-state index is 13.6. The molecular weight excluding hydrogens is 390 g/mol. The Labute approximate surface area is 182 Å². The Hall–Kier alpha value is -3.15. The molecule has 2 aromatic carbocycles. The highest BCUT2D eigenvalue weighted by Gasteiger charge is 2.41. The zero-order valence-corrected chi connectivity index (χ0v) is 17.8. The quantitative estimate of drug-likeness (QED) is 0.780. The summed E-state index contributed by atoms with van der Waals surface area (Å²) in [6.07, 6.45) is 4.21. The summed E-state index contributed by atoms with van der Waals surface area (Å²) in [4.78, 5) is 39.9. The number of primary amides is 1. The highest BCUT2D eigenvalue weighted by atomic mass is 16.2. The summed E-state index contributed by atoms with van der Waals surface area (Å²) >= 11 is 0. The second kappa shape index (κ2) is 8.92. The van der Waals surface area contributed by atoms with Crippen LogP contribution in [0.2, 0.25) is 0 Å². The molecule has 6 nitrogen and oxygen atoms in total. The molecule has 0 spiro atoms. The maximum Gasteiger partial charge on any atom is 0.248 e. The van der Waals surface area contributed by atoms with Crippen LogP contribution in [0.4, 0.5) is 5.69 Å². The molecule has 0 aromatic heterocycles. The molecule has 2 aromatic rings. The van der Waals surface area contributed by atoms with Crippen molar-refractivity contribution in [2.75, 3.05) is 4.90 Å². The smallest absolute Gasteiger partial charge is 0.248 e. The van der Waals surface area contributed by atoms with Gasteiger partial charge in [-0.15, -0.1) is 0 Å². The third-order valence-corrected chi connectivity index (χ3v) is 6.54. The van der Waals surface area contributed by atoms with Crippen LogP contribution in [0.3, 0.4) is 0 Å². The monoisotopic (exact) mass is 419 g/mol. The molecule has 1 fully saturated rings. The summed E-state index contributed by atoms with van der Waals surface area (Å²) < 4.78 is 0. The van der Waals surface area contributed by atoms with Gasteiger partial charge in [0.05, 0.1) is 5.92 Å². The molecule has 3 unspecified atom stereocenters. The number of nitrogens with two attached hydrogens (primary N) is 1. The number of amides is 3. The van der Waals surface area contributed by atoms with Crippen LogP contribution in [0.5, 0.6) is 0 Å². The first kappa shape index (κ1) is 21.1. The summed E-state index contributed by atoms with van der Waals surface area (Å²) in [5.41, 5.74) is 8.74. The van der Waals surface area contributed by atoms with Crippen molar-refractivity contribution in [3.8, 4) is 0 Å². The molecule has 3 amide bonds. The number of hydrogen-bond acceptors (Lipinski definition) is 3. The minimum atomic E-state index is -0.494. The lowest BCUT2D eigenvalue weighted by atomic mass is 9.77. The number of para-hydroxylation sites is 1. The minimum absolute atomic E-state index is 0.0630. The highest BCUT2D eigenvalue weighted by Crippen LogP contribution is 2.38. The summed E-state index contributed by atoms with van der Waals surface area (Å²) in [6.45, 7) is 2.38. The number of nitrogens with zero attached hydrogens (tertiary/aromatic N) is 1. The van der Waals surface area contributed by atoms with E-state index in [1.54, 1.807) is 18.2 Å². The number of hydrogen-bond donors (Lipinski definition) is 2. The highest BCUT2D eigenvalue weighted by molar-refractivity contribution is 6.00. The van der Waals surface area contributed by atoms with Gasteiger partial charge in [0.1, 0.15) is 0 Å². The van der Waals surface area contributed by atoms with E-state index >= 15 is 0 Å². The molecule has 0 saturated heterocycles. The molecule has 6 heteroatoms. The Balaban J connectivity index is 1.47. The van der Waals surface area contributed by atoms with Crippen molar-refractivity contribution in [3.05, 3.63) is 65.2 Å². The second-order valence-corrected chi connectivity index (χ2v) is 8.67. The van der Waals surface area contributed by atoms with Gasteiger partial charge in [0.25, 0.3) is 0 Å². The van der Waals surface area contributed by atoms with Gasteiger partial charge < -0.3 is 16.0 Å². The molecule has 3 N–H and O–H groups in total. The molecule has 1 aliphatic carbocycles. The van der Waals surface area contributed by atoms with Gasteiger partial charge in [-0.05, 0) is 55.5 Å². The van der Waals surface area contributed by atoms with Crippen molar-refractivity contribution >= 4 is 23.4 Å². The number of rotatable bonds is 5. The lowest BCUT2D eigenvalue weighted by Gasteiger charge is -2.34. The van der Waals surface area contributed by atoms with E-state index in [2.05, 4.69) is 18.3 Å². The minimum Gasteiger partial charge on any atom is -0.366 e. The molecule has 31 heavy (non-hydrogen) atoms. The van der Waals surface area contributed by atoms with Crippen LogP contribution in [0, 0.1) is 11.8 Å². The van der Waals surface area contributed by atoms with Gasteiger partial charge >= 0.3 is 0 Å². The average Bonchev–Trinajstić information content (AvgIpc) is 3.12. The Kier molecular flexibility index (Phi) is 6.07. The van der Waals surface area contributed by atoms with Crippen molar-refractivity contribution in [2.24, 2.45) is 17.6 Å². The van der Waals surface area contributed by atoms with E-state index in [0.29, 0.717) is 18.5 Å². The number of carbonyl (C=O) groups is 3. The van der Waals surface area contributed by atoms with Crippen molar-refractivity contribution in [1.82, 2.24) is 5.32 Å². The lowest BCUT2D eigenvalue weighted by Crippen LogP contribution is -2.47. The first-order valence-electron chi connectivity index (χ1n) is 11.0. The second-order valence-electron chi connectivity index (χ2n) is 8.67. The summed E-state index contributed by atoms with van der Waals surface area (Å²) in [6, 6.07) is 15.1. The topological polar surface area (TPSA) is 92.5 Å². The van der Waals surface area contributed by atoms with E-state index in [4.69, 9.17) is 5.73 Å². The molecule has 2 aliphatic rings. The van der Waals surface area contributed by atoms with Gasteiger partial charge in [-0.1, -0.05) is 43.2 Å². The van der Waals surface area contributed by atoms with E-state index in [-0.39, 0.29) is 29.7 Å². The van der Waals surface area contributed by atoms with Gasteiger partial charge in [-0.2, -0.15) is 0 Å². The maximum absolute atomic E-state index is 13.6. The Morgan fingerprint density at radius 3 is 2.55 bits per heavy atom. The largest absolute Gasteiger partial charge is 0.366 e. The predicted molar refractivity (Wildman–Crippen MR) is 119 cm³/mol. The molecule has 1 heterocycles. The van der Waals surface area contributed by atoms with Crippen LogP contribution in [-0.2, 0) is 22.6 Å². The van der Waals surface area contributed by atoms with E-state index in [1.165, 1.54) is 5.56 Å². The fourth-order valence-electron chi connectivity index (χ4n) is 4.98. The first-order chi connectivity index (χ1) is 15.0. The van der Waals surface area contributed by atoms with Crippen LogP contribution in [-0.4, -0.2) is 23.8 Å². The van der Waals surface area contributed by atoms with E-state index in [0.717, 1.165) is 36.9 Å². The Bertz CT molecular complexity index is 1000.